The number of phenolic OH excluding ortho intramolecular Hbond substituents is 2. The van der Waals surface area contributed by atoms with E-state index in [2.05, 4.69) is 0 Å². The largest absolute Gasteiger partial charge is 0.508 e. The van der Waals surface area contributed by atoms with Crippen molar-refractivity contribution >= 4 is 11.0 Å². The number of methoxy groups -OCH3 is 1. The van der Waals surface area contributed by atoms with Crippen LogP contribution in [-0.4, -0.2) is 75.1 Å². The Labute approximate surface area is 186 Å². The summed E-state index contributed by atoms with van der Waals surface area (Å²) in [6.07, 6.45) is -8.07. The fourth-order valence-electron chi connectivity index (χ4n) is 3.59. The zero-order valence-electron chi connectivity index (χ0n) is 17.3. The van der Waals surface area contributed by atoms with E-state index < -0.39 is 54.2 Å². The summed E-state index contributed by atoms with van der Waals surface area (Å²) in [4.78, 5) is 13.3. The molecule has 1 aromatic heterocycles. The van der Waals surface area contributed by atoms with Gasteiger partial charge in [0.25, 0.3) is 0 Å². The molecule has 0 spiro atoms. The average Bonchev–Trinajstić information content (AvgIpc) is 2.80. The summed E-state index contributed by atoms with van der Waals surface area (Å²) < 4.78 is 21.9. The first-order chi connectivity index (χ1) is 15.7. The van der Waals surface area contributed by atoms with Crippen LogP contribution >= 0.6 is 0 Å². The lowest BCUT2D eigenvalue weighted by atomic mass is 9.99. The van der Waals surface area contributed by atoms with Crippen molar-refractivity contribution in [2.24, 2.45) is 0 Å². The third-order valence-corrected chi connectivity index (χ3v) is 5.35. The zero-order valence-corrected chi connectivity index (χ0v) is 17.3. The topological polar surface area (TPSA) is 179 Å². The fourth-order valence-corrected chi connectivity index (χ4v) is 3.59. The number of hydrogen-bond acceptors (Lipinski definition) is 11. The second-order valence-corrected chi connectivity index (χ2v) is 7.47. The van der Waals surface area contributed by atoms with E-state index in [0.29, 0.717) is 11.3 Å². The van der Waals surface area contributed by atoms with Crippen LogP contribution in [0.15, 0.2) is 45.6 Å². The molecule has 1 saturated heterocycles. The van der Waals surface area contributed by atoms with Crippen molar-refractivity contribution in [3.05, 3.63) is 46.6 Å². The van der Waals surface area contributed by atoms with Crippen LogP contribution in [0, 0.1) is 0 Å². The summed E-state index contributed by atoms with van der Waals surface area (Å²) in [5, 5.41) is 59.5. The monoisotopic (exact) mass is 462 g/mol. The molecule has 1 aliphatic rings. The molecule has 0 saturated carbocycles. The Hall–Kier alpha value is -3.35. The first-order valence-corrected chi connectivity index (χ1v) is 9.89. The Morgan fingerprint density at radius 1 is 1.00 bits per heavy atom. The van der Waals surface area contributed by atoms with E-state index in [1.807, 2.05) is 0 Å². The molecule has 0 bridgehead atoms. The van der Waals surface area contributed by atoms with Crippen molar-refractivity contribution in [1.29, 1.82) is 0 Å². The lowest BCUT2D eigenvalue weighted by molar-refractivity contribution is -0.277. The number of phenols is 2. The van der Waals surface area contributed by atoms with Gasteiger partial charge in [0, 0.05) is 17.7 Å². The first-order valence-electron chi connectivity index (χ1n) is 9.89. The molecule has 6 N–H and O–H groups in total. The van der Waals surface area contributed by atoms with Gasteiger partial charge in [0.05, 0.1) is 13.7 Å². The van der Waals surface area contributed by atoms with E-state index in [1.54, 1.807) is 24.3 Å². The smallest absolute Gasteiger partial charge is 0.239 e. The van der Waals surface area contributed by atoms with Crippen LogP contribution in [0.4, 0.5) is 0 Å². The minimum atomic E-state index is -1.78. The Balaban J connectivity index is 1.88. The summed E-state index contributed by atoms with van der Waals surface area (Å²) in [5.41, 5.74) is -0.641. The number of benzene rings is 2. The van der Waals surface area contributed by atoms with E-state index in [4.69, 9.17) is 18.6 Å². The lowest BCUT2D eigenvalue weighted by Gasteiger charge is -2.39. The third kappa shape index (κ3) is 4.08. The number of ether oxygens (including phenoxy) is 3. The van der Waals surface area contributed by atoms with Gasteiger partial charge < -0.3 is 49.3 Å². The minimum Gasteiger partial charge on any atom is -0.508 e. The SMILES string of the molecule is COc1ccc(-c2oc3cc(O)cc(O)c3c(=O)c2O[C@H]2O[C@@H](CO)[C@H](O)[C@@H](O)[C@@H]2O)cc1. The van der Waals surface area contributed by atoms with E-state index in [0.717, 1.165) is 12.1 Å². The summed E-state index contributed by atoms with van der Waals surface area (Å²) >= 11 is 0. The van der Waals surface area contributed by atoms with Crippen molar-refractivity contribution in [2.45, 2.75) is 30.7 Å². The Bertz CT molecular complexity index is 1200. The molecule has 176 valence electrons. The molecule has 2 heterocycles. The van der Waals surface area contributed by atoms with Crippen molar-refractivity contribution in [3.8, 4) is 34.3 Å². The maximum Gasteiger partial charge on any atom is 0.239 e. The highest BCUT2D eigenvalue weighted by atomic mass is 16.7. The predicted octanol–water partition coefficient (Wildman–Crippen LogP) is 0.0585. The first kappa shape index (κ1) is 22.8. The van der Waals surface area contributed by atoms with Gasteiger partial charge >= 0.3 is 0 Å². The summed E-state index contributed by atoms with van der Waals surface area (Å²) in [6, 6.07) is 8.40. The number of fused-ring (bicyclic) bond motifs is 1. The molecule has 33 heavy (non-hydrogen) atoms. The van der Waals surface area contributed by atoms with Crippen molar-refractivity contribution in [1.82, 2.24) is 0 Å². The Morgan fingerprint density at radius 3 is 2.33 bits per heavy atom. The van der Waals surface area contributed by atoms with Gasteiger partial charge in [0.1, 0.15) is 52.6 Å². The van der Waals surface area contributed by atoms with Crippen LogP contribution in [0.25, 0.3) is 22.3 Å². The van der Waals surface area contributed by atoms with Crippen LogP contribution in [0.5, 0.6) is 23.0 Å². The molecule has 0 aliphatic carbocycles. The van der Waals surface area contributed by atoms with E-state index in [9.17, 15) is 35.4 Å². The van der Waals surface area contributed by atoms with Gasteiger partial charge in [-0.15, -0.1) is 0 Å². The lowest BCUT2D eigenvalue weighted by Crippen LogP contribution is -2.60. The maximum absolute atomic E-state index is 13.3. The van der Waals surface area contributed by atoms with Gasteiger partial charge in [0.2, 0.25) is 17.5 Å². The van der Waals surface area contributed by atoms with Crippen LogP contribution < -0.4 is 14.9 Å². The number of rotatable bonds is 5. The minimum absolute atomic E-state index is 0.128. The van der Waals surface area contributed by atoms with Gasteiger partial charge in [-0.1, -0.05) is 0 Å². The molecule has 11 heteroatoms. The van der Waals surface area contributed by atoms with Crippen LogP contribution in [0.2, 0.25) is 0 Å². The third-order valence-electron chi connectivity index (χ3n) is 5.35. The molecule has 5 atom stereocenters. The normalized spacial score (nSPS) is 25.2. The standard InChI is InChI=1S/C22H22O11/c1-30-11-4-2-9(3-5-11)20-21(17(27)15-12(25)6-10(24)7-13(15)31-20)33-22-19(29)18(28)16(26)14(8-23)32-22/h2-7,14,16,18-19,22-26,28-29H,8H2,1H3/t14-,16-,18+,19-,22+/m0/s1. The predicted molar refractivity (Wildman–Crippen MR) is 112 cm³/mol. The molecule has 2 aromatic carbocycles. The second kappa shape index (κ2) is 8.89. The summed E-state index contributed by atoms with van der Waals surface area (Å²) in [5.74, 6) is -0.992. The molecular formula is C22H22O11. The van der Waals surface area contributed by atoms with Gasteiger partial charge in [-0.2, -0.15) is 0 Å². The average molecular weight is 462 g/mol. The zero-order chi connectivity index (χ0) is 23.9. The van der Waals surface area contributed by atoms with Crippen LogP contribution in [0.3, 0.4) is 0 Å². The molecule has 0 amide bonds. The number of aromatic hydroxyl groups is 2. The molecule has 1 aliphatic heterocycles. The van der Waals surface area contributed by atoms with Crippen LogP contribution in [0.1, 0.15) is 0 Å². The maximum atomic E-state index is 13.3. The molecular weight excluding hydrogens is 440 g/mol. The van der Waals surface area contributed by atoms with Gasteiger partial charge in [-0.05, 0) is 24.3 Å². The molecule has 1 fully saturated rings. The quantitative estimate of drug-likeness (QED) is 0.302. The van der Waals surface area contributed by atoms with Gasteiger partial charge in [-0.3, -0.25) is 4.79 Å². The summed E-state index contributed by atoms with van der Waals surface area (Å²) in [7, 11) is 1.48. The Kier molecular flexibility index (Phi) is 6.15. The molecule has 0 unspecified atom stereocenters. The second-order valence-electron chi connectivity index (χ2n) is 7.47. The number of aliphatic hydroxyl groups is 4. The Morgan fingerprint density at radius 2 is 1.70 bits per heavy atom. The van der Waals surface area contributed by atoms with E-state index in [1.165, 1.54) is 7.11 Å². The van der Waals surface area contributed by atoms with Crippen molar-refractivity contribution in [2.75, 3.05) is 13.7 Å². The molecule has 0 radical (unpaired) electrons. The highest BCUT2D eigenvalue weighted by molar-refractivity contribution is 5.88. The van der Waals surface area contributed by atoms with E-state index in [-0.39, 0.29) is 22.5 Å². The number of hydrogen-bond donors (Lipinski definition) is 6. The highest BCUT2D eigenvalue weighted by Crippen LogP contribution is 2.37. The van der Waals surface area contributed by atoms with Crippen molar-refractivity contribution < 1.29 is 49.3 Å². The number of aliphatic hydroxyl groups excluding tert-OH is 4. The fraction of sp³-hybridized carbons (Fsp3) is 0.318. The van der Waals surface area contributed by atoms with Crippen molar-refractivity contribution in [3.63, 3.8) is 0 Å². The van der Waals surface area contributed by atoms with Crippen LogP contribution in [-0.2, 0) is 4.74 Å². The van der Waals surface area contributed by atoms with Gasteiger partial charge in [0.15, 0.2) is 5.76 Å². The highest BCUT2D eigenvalue weighted by Gasteiger charge is 2.45. The summed E-state index contributed by atoms with van der Waals surface area (Å²) in [6.45, 7) is -0.692. The molecule has 3 aromatic rings. The molecule has 4 rings (SSSR count). The molecule has 11 nitrogen and oxygen atoms in total. The van der Waals surface area contributed by atoms with E-state index >= 15 is 0 Å². The van der Waals surface area contributed by atoms with Gasteiger partial charge in [-0.25, -0.2) is 0 Å².